The first-order valence-corrected chi connectivity index (χ1v) is 10.4. The topological polar surface area (TPSA) is 105 Å². The number of carbonyl (C=O) groups is 2. The Labute approximate surface area is 183 Å². The lowest BCUT2D eigenvalue weighted by molar-refractivity contribution is -0.138. The highest BCUT2D eigenvalue weighted by Gasteiger charge is 2.34. The number of rotatable bonds is 6. The lowest BCUT2D eigenvalue weighted by Gasteiger charge is -2.06. The van der Waals surface area contributed by atoms with Gasteiger partial charge in [0.1, 0.15) is 16.4 Å². The van der Waals surface area contributed by atoms with Gasteiger partial charge in [-0.2, -0.15) is 0 Å². The van der Waals surface area contributed by atoms with Crippen molar-refractivity contribution in [1.82, 2.24) is 0 Å². The van der Waals surface area contributed by atoms with Gasteiger partial charge in [0, 0.05) is 5.56 Å². The molecule has 1 aliphatic heterocycles. The van der Waals surface area contributed by atoms with E-state index in [1.165, 1.54) is 6.07 Å². The predicted molar refractivity (Wildman–Crippen MR) is 119 cm³/mol. The molecule has 8 heteroatoms. The lowest BCUT2D eigenvalue weighted by atomic mass is 10.1. The first-order chi connectivity index (χ1) is 14.9. The molecule has 160 valence electrons. The third kappa shape index (κ3) is 5.16. The molecule has 0 atom stereocenters. The van der Waals surface area contributed by atoms with E-state index in [0.29, 0.717) is 28.4 Å². The van der Waals surface area contributed by atoms with Crippen molar-refractivity contribution < 1.29 is 29.3 Å². The lowest BCUT2D eigenvalue weighted by Crippen LogP contribution is -2.14. The molecule has 0 fully saturated rings. The van der Waals surface area contributed by atoms with Gasteiger partial charge < -0.3 is 19.7 Å². The number of phenolic OH excluding ortho intramolecular Hbond substituents is 1. The Morgan fingerprint density at radius 1 is 1.06 bits per heavy atom. The van der Waals surface area contributed by atoms with Crippen molar-refractivity contribution in [2.24, 2.45) is 4.99 Å². The van der Waals surface area contributed by atoms with Crippen molar-refractivity contribution in [3.63, 3.8) is 0 Å². The van der Waals surface area contributed by atoms with Gasteiger partial charge in [-0.05, 0) is 49.8 Å². The number of aliphatic hydroxyl groups is 1. The number of thioether (sulfide) groups is 1. The van der Waals surface area contributed by atoms with Crippen LogP contribution in [0, 0.1) is 0 Å². The minimum Gasteiger partial charge on any atom is -0.506 e. The van der Waals surface area contributed by atoms with E-state index in [1.54, 1.807) is 62.4 Å². The molecule has 31 heavy (non-hydrogen) atoms. The molecule has 2 aromatic carbocycles. The Morgan fingerprint density at radius 3 is 2.48 bits per heavy atom. The normalized spacial score (nSPS) is 16.1. The molecule has 0 bridgehead atoms. The summed E-state index contributed by atoms with van der Waals surface area (Å²) in [5.74, 6) is -1.35. The molecule has 2 N–H and O–H groups in total. The number of aliphatic hydroxyl groups excluding tert-OH is 1. The Bertz CT molecular complexity index is 1090. The van der Waals surface area contributed by atoms with Crippen molar-refractivity contribution in [2.75, 3.05) is 13.2 Å². The number of amides is 1. The summed E-state index contributed by atoms with van der Waals surface area (Å²) in [6.45, 7) is 3.92. The molecule has 0 aromatic heterocycles. The van der Waals surface area contributed by atoms with E-state index < -0.39 is 11.9 Å². The highest BCUT2D eigenvalue weighted by atomic mass is 32.2. The van der Waals surface area contributed by atoms with Gasteiger partial charge in [-0.1, -0.05) is 36.0 Å². The molecule has 2 aromatic rings. The number of hydrogen-bond acceptors (Lipinski definition) is 7. The second-order valence-electron chi connectivity index (χ2n) is 6.30. The van der Waals surface area contributed by atoms with Crippen molar-refractivity contribution in [3.8, 4) is 11.5 Å². The van der Waals surface area contributed by atoms with Crippen molar-refractivity contribution in [3.05, 3.63) is 75.9 Å². The van der Waals surface area contributed by atoms with Crippen LogP contribution in [-0.4, -0.2) is 40.3 Å². The average Bonchev–Trinajstić information content (AvgIpc) is 3.06. The fourth-order valence-corrected chi connectivity index (χ4v) is 3.78. The maximum atomic E-state index is 12.5. The van der Waals surface area contributed by atoms with Crippen LogP contribution < -0.4 is 4.74 Å². The van der Waals surface area contributed by atoms with Gasteiger partial charge in [0.15, 0.2) is 11.5 Å². The molecule has 0 radical (unpaired) electrons. The summed E-state index contributed by atoms with van der Waals surface area (Å²) in [5, 5.41) is 20.6. The van der Waals surface area contributed by atoms with E-state index in [9.17, 15) is 19.8 Å². The molecule has 0 unspecified atom stereocenters. The molecule has 1 heterocycles. The van der Waals surface area contributed by atoms with Gasteiger partial charge in [0.05, 0.1) is 18.1 Å². The molecule has 1 amide bonds. The zero-order chi connectivity index (χ0) is 22.4. The van der Waals surface area contributed by atoms with E-state index >= 15 is 0 Å². The minimum atomic E-state index is -0.767. The van der Waals surface area contributed by atoms with Gasteiger partial charge in [-0.25, -0.2) is 9.79 Å². The van der Waals surface area contributed by atoms with Crippen molar-refractivity contribution in [2.45, 2.75) is 13.8 Å². The highest BCUT2D eigenvalue weighted by Crippen LogP contribution is 2.40. The largest absolute Gasteiger partial charge is 0.506 e. The summed E-state index contributed by atoms with van der Waals surface area (Å²) in [4.78, 5) is 29.3. The van der Waals surface area contributed by atoms with Crippen LogP contribution in [0.3, 0.4) is 0 Å². The van der Waals surface area contributed by atoms with E-state index in [0.717, 1.165) is 11.8 Å². The van der Waals surface area contributed by atoms with Crippen LogP contribution in [0.4, 0.5) is 0 Å². The smallest absolute Gasteiger partial charge is 0.344 e. The Kier molecular flexibility index (Phi) is 7.15. The maximum absolute atomic E-state index is 12.5. The predicted octanol–water partition coefficient (Wildman–Crippen LogP) is 4.49. The number of hydrogen-bond donors (Lipinski definition) is 2. The van der Waals surface area contributed by atoms with Crippen LogP contribution >= 0.6 is 11.8 Å². The third-order valence-corrected chi connectivity index (χ3v) is 5.20. The Balaban J connectivity index is 2.01. The highest BCUT2D eigenvalue weighted by molar-refractivity contribution is 8.18. The van der Waals surface area contributed by atoms with Crippen LogP contribution in [0.1, 0.15) is 29.8 Å². The first kappa shape index (κ1) is 22.2. The average molecular weight is 439 g/mol. The number of aromatic hydroxyl groups is 1. The Hall–Kier alpha value is -3.52. The van der Waals surface area contributed by atoms with Gasteiger partial charge in [-0.15, -0.1) is 0 Å². The van der Waals surface area contributed by atoms with Crippen LogP contribution in [0.5, 0.6) is 11.5 Å². The summed E-state index contributed by atoms with van der Waals surface area (Å²) in [6.07, 6.45) is 1.61. The Morgan fingerprint density at radius 2 is 1.81 bits per heavy atom. The molecule has 0 saturated heterocycles. The molecule has 0 aliphatic carbocycles. The molecular weight excluding hydrogens is 418 g/mol. The van der Waals surface area contributed by atoms with E-state index in [1.807, 2.05) is 0 Å². The first-order valence-electron chi connectivity index (χ1n) is 9.59. The fraction of sp³-hybridized carbons (Fsp3) is 0.174. The summed E-state index contributed by atoms with van der Waals surface area (Å²) in [6, 6.07) is 13.1. The third-order valence-electron chi connectivity index (χ3n) is 4.18. The molecular formula is C23H21NO6S. The number of benzene rings is 2. The summed E-state index contributed by atoms with van der Waals surface area (Å²) in [7, 11) is 0. The second kappa shape index (κ2) is 9.99. The molecule has 3 rings (SSSR count). The standard InChI is InChI=1S/C23H21NO6S/c1-3-29-17-12-14(10-11-16(17)25)13-18-20(26)19(23(28)30-4-2)22(31-18)24-21(27)15-8-6-5-7-9-15/h5-13,25-26H,3-4H2,1-2H3/b18-13-,24-22?. The van der Waals surface area contributed by atoms with Crippen LogP contribution in [-0.2, 0) is 9.53 Å². The number of esters is 1. The number of aliphatic imine (C=N–C) groups is 1. The van der Waals surface area contributed by atoms with Gasteiger partial charge in [0.2, 0.25) is 0 Å². The van der Waals surface area contributed by atoms with Gasteiger partial charge in [0.25, 0.3) is 5.91 Å². The number of carbonyl (C=O) groups excluding carboxylic acids is 2. The van der Waals surface area contributed by atoms with E-state index in [-0.39, 0.29) is 28.7 Å². The van der Waals surface area contributed by atoms with Gasteiger partial charge in [-0.3, -0.25) is 4.79 Å². The van der Waals surface area contributed by atoms with Crippen LogP contribution in [0.2, 0.25) is 0 Å². The summed E-state index contributed by atoms with van der Waals surface area (Å²) < 4.78 is 10.4. The van der Waals surface area contributed by atoms with Crippen LogP contribution in [0.25, 0.3) is 6.08 Å². The minimum absolute atomic E-state index is 0.00855. The van der Waals surface area contributed by atoms with Crippen LogP contribution in [0.15, 0.2) is 69.8 Å². The van der Waals surface area contributed by atoms with E-state index in [4.69, 9.17) is 9.47 Å². The quantitative estimate of drug-likeness (QED) is 0.639. The number of ether oxygens (including phenoxy) is 2. The zero-order valence-electron chi connectivity index (χ0n) is 17.0. The monoisotopic (exact) mass is 439 g/mol. The van der Waals surface area contributed by atoms with E-state index in [2.05, 4.69) is 4.99 Å². The molecule has 1 aliphatic rings. The molecule has 7 nitrogen and oxygen atoms in total. The number of phenols is 1. The summed E-state index contributed by atoms with van der Waals surface area (Å²) in [5.41, 5.74) is 0.816. The van der Waals surface area contributed by atoms with Crippen molar-refractivity contribution in [1.29, 1.82) is 0 Å². The second-order valence-corrected chi connectivity index (χ2v) is 7.33. The molecule has 0 spiro atoms. The molecule has 0 saturated carbocycles. The zero-order valence-corrected chi connectivity index (χ0v) is 17.8. The number of nitrogens with zero attached hydrogens (tertiary/aromatic N) is 1. The summed E-state index contributed by atoms with van der Waals surface area (Å²) >= 11 is 0.984. The van der Waals surface area contributed by atoms with Crippen molar-refractivity contribution >= 4 is 34.8 Å². The fourth-order valence-electron chi connectivity index (χ4n) is 2.77. The SMILES string of the molecule is CCOC(=O)C1=C(O)/C(=C/c2ccc(O)c(OCC)c2)SC1=NC(=O)c1ccccc1. The maximum Gasteiger partial charge on any atom is 0.344 e. The van der Waals surface area contributed by atoms with Gasteiger partial charge >= 0.3 is 5.97 Å².